The monoisotopic (exact) mass is 298 g/mol. The lowest BCUT2D eigenvalue weighted by Crippen LogP contribution is -2.47. The van der Waals surface area contributed by atoms with Crippen LogP contribution in [0.3, 0.4) is 0 Å². The highest BCUT2D eigenvalue weighted by molar-refractivity contribution is 5.95. The van der Waals surface area contributed by atoms with Crippen LogP contribution < -0.4 is 4.90 Å². The summed E-state index contributed by atoms with van der Waals surface area (Å²) in [5.74, 6) is 0.206. The second-order valence-corrected chi connectivity index (χ2v) is 5.89. The zero-order valence-corrected chi connectivity index (χ0v) is 12.3. The molecule has 22 heavy (non-hydrogen) atoms. The number of hydrogen-bond acceptors (Lipinski definition) is 5. The topological polar surface area (TPSA) is 67.2 Å². The number of hydrogen-bond donors (Lipinski definition) is 0. The molecule has 0 bridgehead atoms. The van der Waals surface area contributed by atoms with E-state index in [-0.39, 0.29) is 5.91 Å². The maximum atomic E-state index is 11.8. The zero-order chi connectivity index (χ0) is 14.9. The molecule has 0 unspecified atom stereocenters. The fraction of sp³-hybridized carbons (Fsp3) is 0.467. The van der Waals surface area contributed by atoms with Gasteiger partial charge in [-0.3, -0.25) is 14.4 Å². The second-order valence-electron chi connectivity index (χ2n) is 5.89. The summed E-state index contributed by atoms with van der Waals surface area (Å²) >= 11 is 0. The predicted octanol–water partition coefficient (Wildman–Crippen LogP) is 0.857. The van der Waals surface area contributed by atoms with Gasteiger partial charge in [0.15, 0.2) is 0 Å². The van der Waals surface area contributed by atoms with E-state index in [0.29, 0.717) is 12.5 Å². The molecule has 2 fully saturated rings. The van der Waals surface area contributed by atoms with E-state index in [1.807, 2.05) is 27.9 Å². The fourth-order valence-corrected chi connectivity index (χ4v) is 3.07. The molecule has 4 rings (SSSR count). The molecule has 114 valence electrons. The van der Waals surface area contributed by atoms with Gasteiger partial charge >= 0.3 is 0 Å². The van der Waals surface area contributed by atoms with Crippen LogP contribution in [-0.2, 0) is 11.3 Å². The van der Waals surface area contributed by atoms with Crippen molar-refractivity contribution in [2.24, 2.45) is 0 Å². The lowest BCUT2D eigenvalue weighted by molar-refractivity contribution is -0.117. The maximum Gasteiger partial charge on any atom is 0.227 e. The van der Waals surface area contributed by atoms with Gasteiger partial charge in [0.2, 0.25) is 5.91 Å². The minimum atomic E-state index is 0.206. The normalized spacial score (nSPS) is 19.6. The highest BCUT2D eigenvalue weighted by Gasteiger charge is 2.30. The fourth-order valence-electron chi connectivity index (χ4n) is 3.07. The van der Waals surface area contributed by atoms with Gasteiger partial charge in [-0.2, -0.15) is 15.3 Å². The Kier molecular flexibility index (Phi) is 3.34. The minimum absolute atomic E-state index is 0.206. The van der Waals surface area contributed by atoms with Crippen LogP contribution in [0.4, 0.5) is 5.69 Å². The number of nitrogens with zero attached hydrogens (tertiary/aromatic N) is 6. The lowest BCUT2D eigenvalue weighted by atomic mass is 10.1. The van der Waals surface area contributed by atoms with Crippen LogP contribution in [0, 0.1) is 0 Å². The minimum Gasteiger partial charge on any atom is -0.309 e. The molecular weight excluding hydrogens is 280 g/mol. The Bertz CT molecular complexity index is 664. The van der Waals surface area contributed by atoms with Gasteiger partial charge in [0.1, 0.15) is 0 Å². The molecule has 2 aliphatic rings. The third-order valence-electron chi connectivity index (χ3n) is 4.30. The summed E-state index contributed by atoms with van der Waals surface area (Å²) in [6.07, 6.45) is 7.08. The van der Waals surface area contributed by atoms with E-state index in [1.165, 1.54) is 0 Å². The first-order valence-electron chi connectivity index (χ1n) is 7.63. The summed E-state index contributed by atoms with van der Waals surface area (Å²) in [5, 5.41) is 12.4. The summed E-state index contributed by atoms with van der Waals surface area (Å²) in [5.41, 5.74) is 1.92. The number of carbonyl (C=O) groups is 1. The third-order valence-corrected chi connectivity index (χ3v) is 4.30. The van der Waals surface area contributed by atoms with Crippen molar-refractivity contribution >= 4 is 11.6 Å². The van der Waals surface area contributed by atoms with Gasteiger partial charge in [-0.25, -0.2) is 0 Å². The predicted molar refractivity (Wildman–Crippen MR) is 80.2 cm³/mol. The van der Waals surface area contributed by atoms with Gasteiger partial charge in [0.25, 0.3) is 0 Å². The van der Waals surface area contributed by atoms with Crippen molar-refractivity contribution in [2.75, 3.05) is 24.5 Å². The Morgan fingerprint density at radius 3 is 2.95 bits per heavy atom. The molecule has 0 N–H and O–H groups in total. The van der Waals surface area contributed by atoms with Crippen molar-refractivity contribution < 1.29 is 4.79 Å². The van der Waals surface area contributed by atoms with Crippen molar-refractivity contribution in [3.63, 3.8) is 0 Å². The average molecular weight is 298 g/mol. The molecule has 2 aromatic rings. The van der Waals surface area contributed by atoms with Gasteiger partial charge in [-0.15, -0.1) is 0 Å². The van der Waals surface area contributed by atoms with E-state index in [1.54, 1.807) is 12.4 Å². The van der Waals surface area contributed by atoms with E-state index in [4.69, 9.17) is 0 Å². The first-order valence-corrected chi connectivity index (χ1v) is 7.63. The van der Waals surface area contributed by atoms with E-state index < -0.39 is 0 Å². The van der Waals surface area contributed by atoms with Gasteiger partial charge in [-0.05, 0) is 18.6 Å². The van der Waals surface area contributed by atoms with Gasteiger partial charge in [0.05, 0.1) is 23.6 Å². The van der Waals surface area contributed by atoms with Crippen LogP contribution in [-0.4, -0.2) is 50.4 Å². The largest absolute Gasteiger partial charge is 0.309 e. The molecule has 7 heteroatoms. The SMILES string of the molecule is O=C1CCCN1c1cnn(C2CN(Cc3cccnn3)C2)c1. The van der Waals surface area contributed by atoms with E-state index >= 15 is 0 Å². The molecular formula is C15H18N6O. The van der Waals surface area contributed by atoms with Crippen LogP contribution in [0.15, 0.2) is 30.7 Å². The molecule has 2 aromatic heterocycles. The Balaban J connectivity index is 1.35. The van der Waals surface area contributed by atoms with E-state index in [2.05, 4.69) is 20.2 Å². The molecule has 7 nitrogen and oxygen atoms in total. The second kappa shape index (κ2) is 5.49. The quantitative estimate of drug-likeness (QED) is 0.837. The molecule has 2 saturated heterocycles. The molecule has 0 saturated carbocycles. The van der Waals surface area contributed by atoms with E-state index in [9.17, 15) is 4.79 Å². The van der Waals surface area contributed by atoms with Crippen LogP contribution >= 0.6 is 0 Å². The number of amides is 1. The molecule has 0 atom stereocenters. The standard InChI is InChI=1S/C15H18N6O/c22-15-4-2-6-20(15)13-7-17-21(11-13)14-9-19(10-14)8-12-3-1-5-16-18-12/h1,3,5,7,11,14H,2,4,6,8-10H2. The van der Waals surface area contributed by atoms with Crippen LogP contribution in [0.1, 0.15) is 24.6 Å². The van der Waals surface area contributed by atoms with Crippen molar-refractivity contribution in [3.05, 3.63) is 36.4 Å². The Morgan fingerprint density at radius 2 is 2.23 bits per heavy atom. The van der Waals surface area contributed by atoms with Crippen molar-refractivity contribution in [3.8, 4) is 0 Å². The zero-order valence-electron chi connectivity index (χ0n) is 12.3. The van der Waals surface area contributed by atoms with Crippen LogP contribution in [0.2, 0.25) is 0 Å². The Hall–Kier alpha value is -2.28. The molecule has 0 aromatic carbocycles. The molecule has 0 aliphatic carbocycles. The molecule has 4 heterocycles. The van der Waals surface area contributed by atoms with Crippen LogP contribution in [0.5, 0.6) is 0 Å². The summed E-state index contributed by atoms with van der Waals surface area (Å²) in [6, 6.07) is 4.28. The van der Waals surface area contributed by atoms with Crippen molar-refractivity contribution in [1.82, 2.24) is 24.9 Å². The number of likely N-dealkylation sites (tertiary alicyclic amines) is 1. The van der Waals surface area contributed by atoms with Crippen molar-refractivity contribution in [1.29, 1.82) is 0 Å². The third kappa shape index (κ3) is 2.48. The number of anilines is 1. The summed E-state index contributed by atoms with van der Waals surface area (Å²) in [4.78, 5) is 15.9. The number of rotatable bonds is 4. The first-order chi connectivity index (χ1) is 10.8. The Morgan fingerprint density at radius 1 is 1.32 bits per heavy atom. The van der Waals surface area contributed by atoms with Gasteiger partial charge < -0.3 is 4.90 Å². The summed E-state index contributed by atoms with van der Waals surface area (Å²) < 4.78 is 1.98. The average Bonchev–Trinajstić information content (AvgIpc) is 3.12. The highest BCUT2D eigenvalue weighted by atomic mass is 16.2. The Labute approximate surface area is 128 Å². The van der Waals surface area contributed by atoms with E-state index in [0.717, 1.165) is 44.0 Å². The number of carbonyl (C=O) groups excluding carboxylic acids is 1. The van der Waals surface area contributed by atoms with Gasteiger partial charge in [-0.1, -0.05) is 0 Å². The molecule has 1 amide bonds. The molecule has 0 radical (unpaired) electrons. The highest BCUT2D eigenvalue weighted by Crippen LogP contribution is 2.26. The van der Waals surface area contributed by atoms with Crippen molar-refractivity contribution in [2.45, 2.75) is 25.4 Å². The molecule has 2 aliphatic heterocycles. The maximum absolute atomic E-state index is 11.8. The molecule has 0 spiro atoms. The summed E-state index contributed by atoms with van der Waals surface area (Å²) in [7, 11) is 0. The number of aromatic nitrogens is 4. The van der Waals surface area contributed by atoms with Crippen LogP contribution in [0.25, 0.3) is 0 Å². The lowest BCUT2D eigenvalue weighted by Gasteiger charge is -2.38. The first kappa shape index (κ1) is 13.4. The summed E-state index contributed by atoms with van der Waals surface area (Å²) in [6.45, 7) is 3.54. The smallest absolute Gasteiger partial charge is 0.227 e. The van der Waals surface area contributed by atoms with Gasteiger partial charge in [0, 0.05) is 45.0 Å².